The van der Waals surface area contributed by atoms with Gasteiger partial charge >= 0.3 is 6.09 Å². The third kappa shape index (κ3) is 7.37. The molecule has 2 aliphatic rings. The lowest BCUT2D eigenvalue weighted by Crippen LogP contribution is -2.61. The summed E-state index contributed by atoms with van der Waals surface area (Å²) < 4.78 is 3.50. The Bertz CT molecular complexity index is 659. The number of carbonyl (C=O) groups is 1. The molecule has 0 saturated carbocycles. The molecule has 3 rings (SSSR count). The van der Waals surface area contributed by atoms with Crippen molar-refractivity contribution in [2.24, 2.45) is 11.1 Å². The number of alkyl halides is 3. The Morgan fingerprint density at radius 1 is 1.21 bits per heavy atom. The summed E-state index contributed by atoms with van der Waals surface area (Å²) in [5.74, 6) is 0.939. The highest BCUT2D eigenvalue weighted by Crippen LogP contribution is 2.40. The predicted molar refractivity (Wildman–Crippen MR) is 121 cm³/mol. The number of amides is 1. The van der Waals surface area contributed by atoms with Crippen LogP contribution in [0.1, 0.15) is 19.3 Å². The standard InChI is InChI=1S/C20H28Cl3N3O2S/c21-20(22,23)15-28-18(27)26-10-7-19(8-11-26)13-25(14-19)9-6-16(24)12-29-17-4-2-1-3-5-17/h1-5,16H,6-15,24H2/t16-/m1/s1. The summed E-state index contributed by atoms with van der Waals surface area (Å²) in [7, 11) is 0. The summed E-state index contributed by atoms with van der Waals surface area (Å²) in [6.45, 7) is 4.37. The second-order valence-electron chi connectivity index (χ2n) is 8.04. The lowest BCUT2D eigenvalue weighted by molar-refractivity contribution is -0.0452. The first-order valence-corrected chi connectivity index (χ1v) is 12.0. The normalized spacial score (nSPS) is 20.3. The van der Waals surface area contributed by atoms with Crippen molar-refractivity contribution in [1.82, 2.24) is 9.80 Å². The number of piperidine rings is 1. The van der Waals surface area contributed by atoms with Crippen LogP contribution in [-0.4, -0.2) is 70.8 Å². The molecule has 0 aliphatic carbocycles. The van der Waals surface area contributed by atoms with Crippen molar-refractivity contribution in [1.29, 1.82) is 0 Å². The molecular formula is C20H28Cl3N3O2S. The Hall–Kier alpha value is -0.370. The van der Waals surface area contributed by atoms with Gasteiger partial charge in [-0.15, -0.1) is 11.8 Å². The average molecular weight is 481 g/mol. The van der Waals surface area contributed by atoms with Crippen LogP contribution in [0.4, 0.5) is 4.79 Å². The first kappa shape index (κ1) is 23.3. The van der Waals surface area contributed by atoms with Crippen molar-refractivity contribution < 1.29 is 9.53 Å². The van der Waals surface area contributed by atoms with Crippen LogP contribution in [0.2, 0.25) is 0 Å². The molecular weight excluding hydrogens is 453 g/mol. The van der Waals surface area contributed by atoms with Gasteiger partial charge in [-0.3, -0.25) is 0 Å². The summed E-state index contributed by atoms with van der Waals surface area (Å²) in [6, 6.07) is 10.6. The second-order valence-corrected chi connectivity index (χ2v) is 11.6. The van der Waals surface area contributed by atoms with E-state index < -0.39 is 9.89 Å². The van der Waals surface area contributed by atoms with E-state index in [2.05, 4.69) is 29.2 Å². The van der Waals surface area contributed by atoms with Crippen molar-refractivity contribution in [2.75, 3.05) is 45.1 Å². The molecule has 2 saturated heterocycles. The molecule has 9 heteroatoms. The maximum atomic E-state index is 12.1. The Morgan fingerprint density at radius 3 is 2.48 bits per heavy atom. The Balaban J connectivity index is 1.29. The molecule has 1 aromatic carbocycles. The highest BCUT2D eigenvalue weighted by atomic mass is 35.6. The number of likely N-dealkylation sites (tertiary alicyclic amines) is 2. The largest absolute Gasteiger partial charge is 0.445 e. The van der Waals surface area contributed by atoms with Crippen molar-refractivity contribution in [3.8, 4) is 0 Å². The number of carbonyl (C=O) groups excluding carboxylic acids is 1. The van der Waals surface area contributed by atoms with E-state index in [1.807, 2.05) is 17.8 Å². The number of nitrogens with two attached hydrogens (primary N) is 1. The number of benzene rings is 1. The van der Waals surface area contributed by atoms with Gasteiger partial charge in [-0.1, -0.05) is 53.0 Å². The van der Waals surface area contributed by atoms with Gasteiger partial charge in [0.2, 0.25) is 3.79 Å². The topological polar surface area (TPSA) is 58.8 Å². The summed E-state index contributed by atoms with van der Waals surface area (Å²) in [5.41, 5.74) is 6.62. The molecule has 1 aromatic rings. The molecule has 1 spiro atoms. The number of rotatable bonds is 7. The summed E-state index contributed by atoms with van der Waals surface area (Å²) in [4.78, 5) is 17.5. The average Bonchev–Trinajstić information content (AvgIpc) is 2.68. The summed E-state index contributed by atoms with van der Waals surface area (Å²) in [5, 5.41) is 0. The van der Waals surface area contributed by atoms with Gasteiger partial charge in [0.1, 0.15) is 6.61 Å². The Labute approximate surface area is 192 Å². The first-order chi connectivity index (χ1) is 13.7. The molecule has 162 valence electrons. The molecule has 0 aromatic heterocycles. The summed E-state index contributed by atoms with van der Waals surface area (Å²) >= 11 is 18.7. The van der Waals surface area contributed by atoms with Gasteiger partial charge < -0.3 is 20.3 Å². The highest BCUT2D eigenvalue weighted by molar-refractivity contribution is 7.99. The predicted octanol–water partition coefficient (Wildman–Crippen LogP) is 4.40. The highest BCUT2D eigenvalue weighted by Gasteiger charge is 2.45. The molecule has 2 fully saturated rings. The van der Waals surface area contributed by atoms with Crippen molar-refractivity contribution >= 4 is 52.7 Å². The van der Waals surface area contributed by atoms with Crippen molar-refractivity contribution in [3.05, 3.63) is 30.3 Å². The fraction of sp³-hybridized carbons (Fsp3) is 0.650. The minimum atomic E-state index is -1.57. The van der Waals surface area contributed by atoms with Gasteiger partial charge in [-0.25, -0.2) is 4.79 Å². The van der Waals surface area contributed by atoms with Crippen LogP contribution >= 0.6 is 46.6 Å². The quantitative estimate of drug-likeness (QED) is 0.463. The monoisotopic (exact) mass is 479 g/mol. The van der Waals surface area contributed by atoms with Gasteiger partial charge in [0.25, 0.3) is 0 Å². The van der Waals surface area contributed by atoms with Gasteiger partial charge in [-0.2, -0.15) is 0 Å². The molecule has 5 nitrogen and oxygen atoms in total. The van der Waals surface area contributed by atoms with Gasteiger partial charge in [0.15, 0.2) is 0 Å². The third-order valence-corrected chi connectivity index (χ3v) is 7.11. The van der Waals surface area contributed by atoms with Crippen LogP contribution in [0.25, 0.3) is 0 Å². The summed E-state index contributed by atoms with van der Waals surface area (Å²) in [6.07, 6.45) is 2.58. The van der Waals surface area contributed by atoms with E-state index in [4.69, 9.17) is 45.3 Å². The van der Waals surface area contributed by atoms with E-state index >= 15 is 0 Å². The molecule has 1 atom stereocenters. The first-order valence-electron chi connectivity index (χ1n) is 9.89. The zero-order valence-electron chi connectivity index (χ0n) is 16.4. The van der Waals surface area contributed by atoms with Crippen LogP contribution in [0.15, 0.2) is 35.2 Å². The number of hydrogen-bond acceptors (Lipinski definition) is 5. The molecule has 2 N–H and O–H groups in total. The van der Waals surface area contributed by atoms with E-state index in [-0.39, 0.29) is 12.6 Å². The van der Waals surface area contributed by atoms with Crippen molar-refractivity contribution in [3.63, 3.8) is 0 Å². The molecule has 0 bridgehead atoms. The van der Waals surface area contributed by atoms with E-state index in [1.54, 1.807) is 4.90 Å². The van der Waals surface area contributed by atoms with Crippen molar-refractivity contribution in [2.45, 2.75) is 34.0 Å². The van der Waals surface area contributed by atoms with Gasteiger partial charge in [-0.05, 0) is 43.4 Å². The number of halogens is 3. The molecule has 1 amide bonds. The van der Waals surface area contributed by atoms with Gasteiger partial charge in [0.05, 0.1) is 0 Å². The minimum absolute atomic E-state index is 0.200. The van der Waals surface area contributed by atoms with E-state index in [0.717, 1.165) is 44.6 Å². The number of ether oxygens (including phenoxy) is 1. The van der Waals surface area contributed by atoms with Crippen LogP contribution in [0, 0.1) is 5.41 Å². The maximum absolute atomic E-state index is 12.1. The lowest BCUT2D eigenvalue weighted by atomic mass is 9.72. The number of nitrogens with zero attached hydrogens (tertiary/aromatic N) is 2. The molecule has 0 unspecified atom stereocenters. The molecule has 29 heavy (non-hydrogen) atoms. The molecule has 2 aliphatic heterocycles. The lowest BCUT2D eigenvalue weighted by Gasteiger charge is -2.54. The second kappa shape index (κ2) is 10.3. The fourth-order valence-corrected chi connectivity index (χ4v) is 5.01. The van der Waals surface area contributed by atoms with E-state index in [9.17, 15) is 4.79 Å². The SMILES string of the molecule is N[C@H](CCN1CC2(CCN(C(=O)OCC(Cl)(Cl)Cl)CC2)C1)CSc1ccccc1. The Morgan fingerprint density at radius 2 is 1.86 bits per heavy atom. The van der Waals surface area contributed by atoms with E-state index in [1.165, 1.54) is 4.90 Å². The van der Waals surface area contributed by atoms with E-state index in [0.29, 0.717) is 18.5 Å². The zero-order chi connectivity index (χ0) is 20.9. The molecule has 2 heterocycles. The Kier molecular flexibility index (Phi) is 8.27. The van der Waals surface area contributed by atoms with Crippen LogP contribution in [-0.2, 0) is 4.74 Å². The van der Waals surface area contributed by atoms with Gasteiger partial charge in [0, 0.05) is 42.9 Å². The smallest absolute Gasteiger partial charge is 0.409 e. The minimum Gasteiger partial charge on any atom is -0.445 e. The van der Waals surface area contributed by atoms with Crippen LogP contribution in [0.5, 0.6) is 0 Å². The van der Waals surface area contributed by atoms with Crippen LogP contribution in [0.3, 0.4) is 0 Å². The third-order valence-electron chi connectivity index (χ3n) is 5.58. The zero-order valence-corrected chi connectivity index (χ0v) is 19.4. The maximum Gasteiger partial charge on any atom is 0.409 e. The fourth-order valence-electron chi connectivity index (χ4n) is 3.93. The number of thioether (sulfide) groups is 1. The molecule has 0 radical (unpaired) electrons. The number of hydrogen-bond donors (Lipinski definition) is 1. The van der Waals surface area contributed by atoms with Crippen LogP contribution < -0.4 is 5.73 Å².